The zero-order valence-electron chi connectivity index (χ0n) is 18.3. The molecule has 3 rings (SSSR count). The Labute approximate surface area is 189 Å². The summed E-state index contributed by atoms with van der Waals surface area (Å²) in [5.41, 5.74) is 0.972. The molecule has 2 aromatic carbocycles. The third-order valence-electron chi connectivity index (χ3n) is 5.48. The van der Waals surface area contributed by atoms with E-state index in [1.807, 2.05) is 6.92 Å². The van der Waals surface area contributed by atoms with Crippen LogP contribution in [0.4, 0.5) is 5.69 Å². The maximum Gasteiger partial charge on any atom is 0.338 e. The molecule has 172 valence electrons. The second kappa shape index (κ2) is 11.2. The van der Waals surface area contributed by atoms with Gasteiger partial charge in [-0.2, -0.15) is 4.31 Å². The molecule has 1 aliphatic heterocycles. The summed E-state index contributed by atoms with van der Waals surface area (Å²) in [6.07, 6.45) is 4.14. The van der Waals surface area contributed by atoms with Crippen molar-refractivity contribution in [3.63, 3.8) is 0 Å². The average Bonchev–Trinajstić information content (AvgIpc) is 2.80. The Kier molecular flexibility index (Phi) is 8.41. The van der Waals surface area contributed by atoms with Crippen LogP contribution in [-0.4, -0.2) is 43.8 Å². The van der Waals surface area contributed by atoms with E-state index in [4.69, 9.17) is 4.74 Å². The third-order valence-corrected chi connectivity index (χ3v) is 7.45. The average molecular weight is 459 g/mol. The molecule has 32 heavy (non-hydrogen) atoms. The number of hydrogen-bond acceptors (Lipinski definition) is 5. The number of carbonyl (C=O) groups is 2. The molecule has 0 unspecified atom stereocenters. The van der Waals surface area contributed by atoms with Crippen LogP contribution in [0.5, 0.6) is 0 Å². The maximum atomic E-state index is 13.1. The number of rotatable bonds is 9. The van der Waals surface area contributed by atoms with Gasteiger partial charge in [0, 0.05) is 24.7 Å². The van der Waals surface area contributed by atoms with Crippen molar-refractivity contribution in [2.24, 2.45) is 0 Å². The first-order valence-corrected chi connectivity index (χ1v) is 12.5. The number of sulfonamides is 1. The van der Waals surface area contributed by atoms with E-state index in [2.05, 4.69) is 5.32 Å². The van der Waals surface area contributed by atoms with Gasteiger partial charge in [0.15, 0.2) is 0 Å². The summed E-state index contributed by atoms with van der Waals surface area (Å²) in [6, 6.07) is 14.4. The number of anilines is 1. The van der Waals surface area contributed by atoms with Crippen molar-refractivity contribution in [3.8, 4) is 0 Å². The molecule has 1 amide bonds. The number of benzene rings is 2. The van der Waals surface area contributed by atoms with Crippen LogP contribution < -0.4 is 5.32 Å². The lowest BCUT2D eigenvalue weighted by molar-refractivity contribution is -0.117. The summed E-state index contributed by atoms with van der Waals surface area (Å²) in [4.78, 5) is 24.9. The van der Waals surface area contributed by atoms with Gasteiger partial charge in [-0.15, -0.1) is 0 Å². The highest BCUT2D eigenvalue weighted by atomic mass is 32.2. The Bertz CT molecular complexity index is 1010. The molecule has 1 fully saturated rings. The molecule has 7 nitrogen and oxygen atoms in total. The number of ether oxygens (including phenoxy) is 1. The lowest BCUT2D eigenvalue weighted by Gasteiger charge is -2.34. The van der Waals surface area contributed by atoms with Gasteiger partial charge in [0.25, 0.3) is 0 Å². The van der Waals surface area contributed by atoms with Crippen LogP contribution in [0.1, 0.15) is 55.8 Å². The van der Waals surface area contributed by atoms with Crippen LogP contribution in [0.2, 0.25) is 0 Å². The van der Waals surface area contributed by atoms with Crippen LogP contribution >= 0.6 is 0 Å². The van der Waals surface area contributed by atoms with Crippen LogP contribution in [0.15, 0.2) is 59.5 Å². The smallest absolute Gasteiger partial charge is 0.338 e. The zero-order chi connectivity index (χ0) is 23.0. The van der Waals surface area contributed by atoms with Crippen LogP contribution in [0.3, 0.4) is 0 Å². The number of unbranched alkanes of at least 4 members (excludes halogenated alkanes) is 1. The molecule has 1 aliphatic rings. The normalized spacial score (nSPS) is 17.0. The highest BCUT2D eigenvalue weighted by Gasteiger charge is 2.34. The summed E-state index contributed by atoms with van der Waals surface area (Å²) in [5.74, 6) is -0.649. The number of hydrogen-bond donors (Lipinski definition) is 1. The van der Waals surface area contributed by atoms with Crippen molar-refractivity contribution in [1.82, 2.24) is 4.31 Å². The zero-order valence-corrected chi connectivity index (χ0v) is 19.1. The molecule has 1 heterocycles. The topological polar surface area (TPSA) is 92.8 Å². The van der Waals surface area contributed by atoms with E-state index >= 15 is 0 Å². The van der Waals surface area contributed by atoms with Crippen molar-refractivity contribution in [1.29, 1.82) is 0 Å². The number of nitrogens with one attached hydrogen (secondary N) is 1. The molecule has 2 aromatic rings. The van der Waals surface area contributed by atoms with Crippen LogP contribution in [0, 0.1) is 0 Å². The number of carbonyl (C=O) groups excluding carboxylic acids is 2. The Morgan fingerprint density at radius 3 is 2.47 bits per heavy atom. The molecule has 0 aliphatic carbocycles. The fourth-order valence-electron chi connectivity index (χ4n) is 3.73. The van der Waals surface area contributed by atoms with E-state index in [1.54, 1.807) is 54.6 Å². The van der Waals surface area contributed by atoms with E-state index in [9.17, 15) is 18.0 Å². The summed E-state index contributed by atoms with van der Waals surface area (Å²) in [6.45, 7) is 2.82. The summed E-state index contributed by atoms with van der Waals surface area (Å²) >= 11 is 0. The van der Waals surface area contributed by atoms with Gasteiger partial charge in [-0.25, -0.2) is 13.2 Å². The second-order valence-electron chi connectivity index (χ2n) is 7.90. The third kappa shape index (κ3) is 6.17. The Balaban J connectivity index is 1.61. The number of nitrogens with zero attached hydrogens (tertiary/aromatic N) is 1. The van der Waals surface area contributed by atoms with Crippen LogP contribution in [0.25, 0.3) is 0 Å². The second-order valence-corrected chi connectivity index (χ2v) is 9.79. The van der Waals surface area contributed by atoms with E-state index < -0.39 is 10.0 Å². The van der Waals surface area contributed by atoms with E-state index in [0.29, 0.717) is 30.8 Å². The van der Waals surface area contributed by atoms with Gasteiger partial charge in [0.05, 0.1) is 17.1 Å². The summed E-state index contributed by atoms with van der Waals surface area (Å²) in [5, 5.41) is 2.81. The molecule has 0 aromatic heterocycles. The van der Waals surface area contributed by atoms with E-state index in [1.165, 1.54) is 4.31 Å². The lowest BCUT2D eigenvalue weighted by Crippen LogP contribution is -2.45. The molecule has 0 bridgehead atoms. The Hall–Kier alpha value is -2.71. The van der Waals surface area contributed by atoms with Gasteiger partial charge in [-0.1, -0.05) is 38.0 Å². The van der Waals surface area contributed by atoms with E-state index in [-0.39, 0.29) is 29.2 Å². The largest absolute Gasteiger partial charge is 0.462 e. The Morgan fingerprint density at radius 2 is 1.78 bits per heavy atom. The predicted octanol–water partition coefficient (Wildman–Crippen LogP) is 4.22. The summed E-state index contributed by atoms with van der Waals surface area (Å²) < 4.78 is 32.8. The number of piperidine rings is 1. The predicted molar refractivity (Wildman–Crippen MR) is 123 cm³/mol. The molecule has 8 heteroatoms. The monoisotopic (exact) mass is 458 g/mol. The number of esters is 1. The van der Waals surface area contributed by atoms with Gasteiger partial charge in [0.2, 0.25) is 15.9 Å². The fourth-order valence-corrected chi connectivity index (χ4v) is 5.44. The summed E-state index contributed by atoms with van der Waals surface area (Å²) in [7, 11) is -3.65. The van der Waals surface area contributed by atoms with E-state index in [0.717, 1.165) is 25.7 Å². The molecule has 1 saturated heterocycles. The van der Waals surface area contributed by atoms with Crippen LogP contribution in [-0.2, 0) is 19.6 Å². The van der Waals surface area contributed by atoms with Crippen molar-refractivity contribution >= 4 is 27.6 Å². The molecule has 1 atom stereocenters. The first kappa shape index (κ1) is 23.9. The minimum Gasteiger partial charge on any atom is -0.462 e. The van der Waals surface area contributed by atoms with Gasteiger partial charge in [-0.05, 0) is 55.7 Å². The first-order chi connectivity index (χ1) is 15.4. The minimum absolute atomic E-state index is 0.0763. The minimum atomic E-state index is -3.65. The van der Waals surface area contributed by atoms with Gasteiger partial charge < -0.3 is 10.1 Å². The van der Waals surface area contributed by atoms with Crippen molar-refractivity contribution < 1.29 is 22.7 Å². The van der Waals surface area contributed by atoms with Gasteiger partial charge in [-0.3, -0.25) is 4.79 Å². The highest BCUT2D eigenvalue weighted by molar-refractivity contribution is 7.89. The van der Waals surface area contributed by atoms with Crippen molar-refractivity contribution in [3.05, 3.63) is 60.2 Å². The lowest BCUT2D eigenvalue weighted by atomic mass is 10.0. The molecular formula is C24H30N2O5S. The van der Waals surface area contributed by atoms with Crippen molar-refractivity contribution in [2.45, 2.75) is 56.4 Å². The standard InChI is InChI=1S/C24H30N2O5S/c1-2-3-17-31-24(28)19-12-14-20(15-13-19)25-23(27)18-21-9-7-8-16-26(21)32(29,30)22-10-5-4-6-11-22/h4-6,10-15,21H,2-3,7-9,16-18H2,1H3,(H,25,27)/t21-/m1/s1. The van der Waals surface area contributed by atoms with Gasteiger partial charge >= 0.3 is 5.97 Å². The number of amides is 1. The first-order valence-electron chi connectivity index (χ1n) is 11.1. The fraction of sp³-hybridized carbons (Fsp3) is 0.417. The van der Waals surface area contributed by atoms with Gasteiger partial charge in [0.1, 0.15) is 0 Å². The molecule has 0 radical (unpaired) electrons. The molecule has 1 N–H and O–H groups in total. The molecule has 0 saturated carbocycles. The quantitative estimate of drug-likeness (QED) is 0.449. The molecule has 0 spiro atoms. The maximum absolute atomic E-state index is 13.1. The molecular weight excluding hydrogens is 428 g/mol. The SMILES string of the molecule is CCCCOC(=O)c1ccc(NC(=O)C[C@H]2CCCCN2S(=O)(=O)c2ccccc2)cc1. The Morgan fingerprint density at radius 1 is 1.06 bits per heavy atom. The highest BCUT2D eigenvalue weighted by Crippen LogP contribution is 2.27. The van der Waals surface area contributed by atoms with Crippen molar-refractivity contribution in [2.75, 3.05) is 18.5 Å².